The molecule has 2 N–H and O–H groups in total. The summed E-state index contributed by atoms with van der Waals surface area (Å²) in [6, 6.07) is 19.4. The molecular formula is C31H18ClF7N2O2S. The molecule has 6 aromatic rings. The van der Waals surface area contributed by atoms with Crippen molar-refractivity contribution in [2.24, 2.45) is 0 Å². The Balaban J connectivity index is 1.66. The van der Waals surface area contributed by atoms with E-state index in [4.69, 9.17) is 11.6 Å². The van der Waals surface area contributed by atoms with Gasteiger partial charge in [-0.25, -0.2) is 9.37 Å². The van der Waals surface area contributed by atoms with Crippen molar-refractivity contribution in [2.45, 2.75) is 28.6 Å². The Morgan fingerprint density at radius 3 is 2.11 bits per heavy atom. The Morgan fingerprint density at radius 1 is 0.795 bits per heavy atom. The fraction of sp³-hybridized carbons (Fsp3) is 0.129. The van der Waals surface area contributed by atoms with Gasteiger partial charge in [0.25, 0.3) is 5.60 Å². The summed E-state index contributed by atoms with van der Waals surface area (Å²) in [5, 5.41) is 10.6. The van der Waals surface area contributed by atoms with Gasteiger partial charge in [-0.2, -0.15) is 26.3 Å². The van der Waals surface area contributed by atoms with Gasteiger partial charge >= 0.3 is 12.4 Å². The summed E-state index contributed by atoms with van der Waals surface area (Å²) in [7, 11) is -1.65. The molecule has 0 aliphatic carbocycles. The Morgan fingerprint density at radius 2 is 1.45 bits per heavy atom. The number of hydrogen-bond acceptors (Lipinski definition) is 3. The average molecular weight is 651 g/mol. The van der Waals surface area contributed by atoms with E-state index >= 15 is 0 Å². The molecule has 0 bridgehead atoms. The fourth-order valence-electron chi connectivity index (χ4n) is 5.21. The fourth-order valence-corrected chi connectivity index (χ4v) is 6.59. The third kappa shape index (κ3) is 4.81. The van der Waals surface area contributed by atoms with E-state index in [2.05, 4.69) is 9.97 Å². The van der Waals surface area contributed by atoms with Gasteiger partial charge in [-0.15, -0.1) is 0 Å². The van der Waals surface area contributed by atoms with Crippen LogP contribution in [0.15, 0.2) is 89.8 Å². The lowest BCUT2D eigenvalue weighted by atomic mass is 9.89. The molecule has 1 unspecified atom stereocenters. The maximum Gasteiger partial charge on any atom is 0.430 e. The van der Waals surface area contributed by atoms with Gasteiger partial charge in [-0.1, -0.05) is 66.2 Å². The molecule has 0 fully saturated rings. The highest BCUT2D eigenvalue weighted by atomic mass is 35.5. The number of aromatic nitrogens is 2. The minimum Gasteiger partial charge on any atom is -0.369 e. The minimum absolute atomic E-state index is 0.0129. The second kappa shape index (κ2) is 10.6. The van der Waals surface area contributed by atoms with Crippen molar-refractivity contribution in [3.8, 4) is 11.4 Å². The summed E-state index contributed by atoms with van der Waals surface area (Å²) in [5.74, 6) is -0.649. The molecule has 0 aliphatic heterocycles. The number of benzene rings is 5. The predicted octanol–water partition coefficient (Wildman–Crippen LogP) is 8.95. The summed E-state index contributed by atoms with van der Waals surface area (Å²) in [4.78, 5) is 7.68. The van der Waals surface area contributed by atoms with E-state index in [1.807, 2.05) is 0 Å². The maximum atomic E-state index is 14.8. The maximum absolute atomic E-state index is 14.8. The molecule has 4 nitrogen and oxygen atoms in total. The summed E-state index contributed by atoms with van der Waals surface area (Å²) in [6.07, 6.45) is -12.2. The highest BCUT2D eigenvalue weighted by Gasteiger charge is 2.71. The average Bonchev–Trinajstić information content (AvgIpc) is 3.41. The lowest BCUT2D eigenvalue weighted by molar-refractivity contribution is -0.376. The zero-order chi connectivity index (χ0) is 31.6. The normalized spacial score (nSPS) is 13.7. The molecule has 226 valence electrons. The van der Waals surface area contributed by atoms with E-state index in [1.165, 1.54) is 30.3 Å². The van der Waals surface area contributed by atoms with Gasteiger partial charge in [-0.3, -0.25) is 4.21 Å². The van der Waals surface area contributed by atoms with Crippen LogP contribution in [0.3, 0.4) is 0 Å². The molecule has 1 heterocycles. The van der Waals surface area contributed by atoms with Crippen LogP contribution in [0.1, 0.15) is 11.1 Å². The van der Waals surface area contributed by atoms with Crippen molar-refractivity contribution >= 4 is 55.0 Å². The van der Waals surface area contributed by atoms with Crippen LogP contribution in [0.25, 0.3) is 44.0 Å². The largest absolute Gasteiger partial charge is 0.430 e. The zero-order valence-electron chi connectivity index (χ0n) is 22.0. The molecule has 0 amide bonds. The molecule has 0 spiro atoms. The zero-order valence-corrected chi connectivity index (χ0v) is 23.6. The number of imidazole rings is 1. The van der Waals surface area contributed by atoms with Crippen LogP contribution in [0.4, 0.5) is 30.7 Å². The van der Waals surface area contributed by atoms with Crippen molar-refractivity contribution < 1.29 is 40.0 Å². The lowest BCUT2D eigenvalue weighted by Gasteiger charge is -2.32. The summed E-state index contributed by atoms with van der Waals surface area (Å²) in [5.41, 5.74) is -5.59. The smallest absolute Gasteiger partial charge is 0.369 e. The predicted molar refractivity (Wildman–Crippen MR) is 154 cm³/mol. The van der Waals surface area contributed by atoms with Gasteiger partial charge in [0.15, 0.2) is 0 Å². The molecule has 0 aliphatic rings. The standard InChI is InChI=1S/C31H18ClF7N2O2S/c32-23-7-4-8-24(33)25(23)28-40-26-19-11-9-17(29(42,30(34,35)36)31(37,38)39)13-21(19)22-14-18(10-12-20(22)27(26)41-28)44(43)15-16-5-2-1-3-6-16/h1-14,42H,15H2,(H,40,41). The van der Waals surface area contributed by atoms with Crippen molar-refractivity contribution in [1.29, 1.82) is 0 Å². The monoisotopic (exact) mass is 650 g/mol. The number of halogens is 8. The van der Waals surface area contributed by atoms with Crippen LogP contribution in [-0.2, 0) is 22.2 Å². The number of fused-ring (bicyclic) bond motifs is 6. The van der Waals surface area contributed by atoms with Gasteiger partial charge in [0, 0.05) is 21.2 Å². The van der Waals surface area contributed by atoms with Gasteiger partial charge in [0.2, 0.25) is 0 Å². The van der Waals surface area contributed by atoms with Crippen LogP contribution < -0.4 is 0 Å². The molecule has 6 rings (SSSR count). The Bertz CT molecular complexity index is 2060. The molecule has 1 atom stereocenters. The van der Waals surface area contributed by atoms with E-state index in [0.29, 0.717) is 12.1 Å². The number of hydrogen-bond donors (Lipinski definition) is 2. The Kier molecular flexibility index (Phi) is 7.22. The van der Waals surface area contributed by atoms with Crippen LogP contribution >= 0.6 is 11.6 Å². The number of nitrogens with zero attached hydrogens (tertiary/aromatic N) is 1. The van der Waals surface area contributed by atoms with Crippen molar-refractivity contribution in [3.63, 3.8) is 0 Å². The van der Waals surface area contributed by atoms with Gasteiger partial charge in [0.05, 0.1) is 38.2 Å². The number of aromatic amines is 1. The number of aliphatic hydroxyl groups is 1. The first-order chi connectivity index (χ1) is 20.7. The minimum atomic E-state index is -6.11. The molecule has 44 heavy (non-hydrogen) atoms. The van der Waals surface area contributed by atoms with Crippen LogP contribution in [0.2, 0.25) is 5.02 Å². The first-order valence-electron chi connectivity index (χ1n) is 12.8. The molecular weight excluding hydrogens is 633 g/mol. The molecule has 1 aromatic heterocycles. The summed E-state index contributed by atoms with van der Waals surface area (Å²) in [6.45, 7) is 0. The number of alkyl halides is 6. The molecule has 13 heteroatoms. The number of nitrogens with one attached hydrogen (secondary N) is 1. The van der Waals surface area contributed by atoms with Crippen LogP contribution in [0.5, 0.6) is 0 Å². The van der Waals surface area contributed by atoms with Crippen molar-refractivity contribution in [2.75, 3.05) is 0 Å². The first-order valence-corrected chi connectivity index (χ1v) is 14.5. The Hall–Kier alpha value is -4.00. The molecule has 0 radical (unpaired) electrons. The topological polar surface area (TPSA) is 66.0 Å². The second-order valence-corrected chi connectivity index (χ2v) is 11.9. The van der Waals surface area contributed by atoms with E-state index < -0.39 is 40.1 Å². The number of rotatable bonds is 5. The van der Waals surface area contributed by atoms with Gasteiger partial charge in [0.1, 0.15) is 11.6 Å². The second-order valence-electron chi connectivity index (χ2n) is 10.1. The van der Waals surface area contributed by atoms with Gasteiger partial charge < -0.3 is 10.1 Å². The summed E-state index contributed by atoms with van der Waals surface area (Å²) >= 11 is 6.23. The van der Waals surface area contributed by atoms with Crippen molar-refractivity contribution in [1.82, 2.24) is 9.97 Å². The molecule has 5 aromatic carbocycles. The van der Waals surface area contributed by atoms with Crippen LogP contribution in [-0.4, -0.2) is 31.6 Å². The third-order valence-corrected chi connectivity index (χ3v) is 9.06. The van der Waals surface area contributed by atoms with Crippen LogP contribution in [0, 0.1) is 5.82 Å². The Labute approximate surface area is 251 Å². The van der Waals surface area contributed by atoms with E-state index in [1.54, 1.807) is 30.3 Å². The summed E-state index contributed by atoms with van der Waals surface area (Å²) < 4.78 is 111. The third-order valence-electron chi connectivity index (χ3n) is 7.37. The van der Waals surface area contributed by atoms with E-state index in [-0.39, 0.29) is 59.6 Å². The quantitative estimate of drug-likeness (QED) is 0.145. The first kappa shape index (κ1) is 30.0. The molecule has 0 saturated heterocycles. The number of H-pyrrole nitrogens is 1. The van der Waals surface area contributed by atoms with Gasteiger partial charge in [-0.05, 0) is 46.7 Å². The molecule has 0 saturated carbocycles. The van der Waals surface area contributed by atoms with E-state index in [9.17, 15) is 40.0 Å². The lowest BCUT2D eigenvalue weighted by Crippen LogP contribution is -2.53. The SMILES string of the molecule is O=S(Cc1ccccc1)c1ccc2c(c1)c1cc(C(O)(C(F)(F)F)C(F)(F)F)ccc1c1[nH]c(-c3c(F)cccc3Cl)nc21. The van der Waals surface area contributed by atoms with E-state index in [0.717, 1.165) is 17.7 Å². The highest BCUT2D eigenvalue weighted by molar-refractivity contribution is 7.84. The van der Waals surface area contributed by atoms with Crippen molar-refractivity contribution in [3.05, 3.63) is 107 Å². The highest BCUT2D eigenvalue weighted by Crippen LogP contribution is 2.51.